The van der Waals surface area contributed by atoms with Gasteiger partial charge >= 0.3 is 5.97 Å². The van der Waals surface area contributed by atoms with E-state index in [9.17, 15) is 4.79 Å². The highest BCUT2D eigenvalue weighted by Gasteiger charge is 2.14. The van der Waals surface area contributed by atoms with Gasteiger partial charge in [-0.2, -0.15) is 0 Å². The van der Waals surface area contributed by atoms with Crippen LogP contribution >= 0.6 is 11.6 Å². The van der Waals surface area contributed by atoms with Crippen molar-refractivity contribution in [2.45, 2.75) is 13.5 Å². The van der Waals surface area contributed by atoms with Crippen LogP contribution in [0.1, 0.15) is 21.6 Å². The van der Waals surface area contributed by atoms with Crippen molar-refractivity contribution in [3.05, 3.63) is 58.4 Å². The first-order valence-corrected chi connectivity index (χ1v) is 5.61. The molecule has 0 radical (unpaired) electrons. The summed E-state index contributed by atoms with van der Waals surface area (Å²) in [6.07, 6.45) is 1.58. The summed E-state index contributed by atoms with van der Waals surface area (Å²) in [4.78, 5) is 14.5. The van der Waals surface area contributed by atoms with Crippen molar-refractivity contribution in [3.63, 3.8) is 0 Å². The third-order valence-electron chi connectivity index (χ3n) is 2.49. The number of hydrogen-bond donors (Lipinski definition) is 1. The summed E-state index contributed by atoms with van der Waals surface area (Å²) >= 11 is 5.85. The van der Waals surface area contributed by atoms with Gasteiger partial charge in [0.1, 0.15) is 12.3 Å². The molecule has 0 amide bonds. The molecule has 1 N–H and O–H groups in total. The maximum Gasteiger partial charge on any atom is 0.355 e. The highest BCUT2D eigenvalue weighted by Crippen LogP contribution is 2.19. The van der Waals surface area contributed by atoms with Crippen LogP contribution in [0.25, 0.3) is 0 Å². The van der Waals surface area contributed by atoms with Gasteiger partial charge in [-0.05, 0) is 12.5 Å². The summed E-state index contributed by atoms with van der Waals surface area (Å²) in [7, 11) is 0. The first kappa shape index (κ1) is 11.7. The summed E-state index contributed by atoms with van der Waals surface area (Å²) in [5.74, 6) is -0.391. The van der Waals surface area contributed by atoms with E-state index in [1.807, 2.05) is 30.3 Å². The number of rotatable bonds is 3. The molecule has 0 fully saturated rings. The predicted molar refractivity (Wildman–Crippen MR) is 66.1 cm³/mol. The number of benzene rings is 1. The molecule has 0 unspecified atom stereocenters. The number of aromatic amines is 1. The van der Waals surface area contributed by atoms with E-state index in [0.717, 1.165) is 5.56 Å². The Labute approximate surface area is 104 Å². The first-order valence-electron chi connectivity index (χ1n) is 5.23. The number of carbonyl (C=O) groups is 1. The van der Waals surface area contributed by atoms with Crippen molar-refractivity contribution < 1.29 is 9.53 Å². The minimum atomic E-state index is -0.391. The third-order valence-corrected chi connectivity index (χ3v) is 2.89. The highest BCUT2D eigenvalue weighted by atomic mass is 35.5. The molecule has 0 saturated carbocycles. The predicted octanol–water partition coefficient (Wildman–Crippen LogP) is 3.33. The second-order valence-electron chi connectivity index (χ2n) is 3.70. The number of carbonyl (C=O) groups excluding carboxylic acids is 1. The van der Waals surface area contributed by atoms with E-state index in [1.165, 1.54) is 0 Å². The lowest BCUT2D eigenvalue weighted by Crippen LogP contribution is -2.07. The van der Waals surface area contributed by atoms with Crippen LogP contribution in [0.15, 0.2) is 36.5 Å². The molecule has 1 aromatic heterocycles. The van der Waals surface area contributed by atoms with Gasteiger partial charge in [-0.25, -0.2) is 4.79 Å². The summed E-state index contributed by atoms with van der Waals surface area (Å²) in [5, 5.41) is 0.539. The molecule has 0 saturated heterocycles. The van der Waals surface area contributed by atoms with Gasteiger partial charge in [0, 0.05) is 11.8 Å². The number of aromatic nitrogens is 1. The van der Waals surface area contributed by atoms with Crippen molar-refractivity contribution >= 4 is 17.6 Å². The van der Waals surface area contributed by atoms with Crippen molar-refractivity contribution in [3.8, 4) is 0 Å². The molecule has 88 valence electrons. The van der Waals surface area contributed by atoms with Gasteiger partial charge in [-0.1, -0.05) is 41.9 Å². The maximum atomic E-state index is 11.7. The van der Waals surface area contributed by atoms with Crippen LogP contribution in [-0.4, -0.2) is 11.0 Å². The first-order chi connectivity index (χ1) is 8.18. The average molecular weight is 250 g/mol. The lowest BCUT2D eigenvalue weighted by Gasteiger charge is -2.04. The van der Waals surface area contributed by atoms with Gasteiger partial charge in [-0.3, -0.25) is 0 Å². The SMILES string of the molecule is Cc1c(Cl)c[nH]c1C(=O)OCc1ccccc1. The van der Waals surface area contributed by atoms with Crippen LogP contribution in [0.5, 0.6) is 0 Å². The molecule has 2 aromatic rings. The molecule has 3 nitrogen and oxygen atoms in total. The maximum absolute atomic E-state index is 11.7. The van der Waals surface area contributed by atoms with Crippen LogP contribution in [0.4, 0.5) is 0 Å². The molecule has 0 aliphatic rings. The minimum absolute atomic E-state index is 0.260. The van der Waals surface area contributed by atoms with Crippen molar-refractivity contribution in [1.29, 1.82) is 0 Å². The van der Waals surface area contributed by atoms with Crippen LogP contribution in [-0.2, 0) is 11.3 Å². The normalized spacial score (nSPS) is 10.2. The average Bonchev–Trinajstić information content (AvgIpc) is 2.69. The van der Waals surface area contributed by atoms with E-state index in [2.05, 4.69) is 4.98 Å². The van der Waals surface area contributed by atoms with Crippen molar-refractivity contribution in [1.82, 2.24) is 4.98 Å². The molecular formula is C13H12ClNO2. The zero-order valence-corrected chi connectivity index (χ0v) is 10.1. The fourth-order valence-electron chi connectivity index (χ4n) is 1.48. The molecule has 1 aromatic carbocycles. The molecule has 1 heterocycles. The van der Waals surface area contributed by atoms with E-state index in [1.54, 1.807) is 13.1 Å². The van der Waals surface area contributed by atoms with Gasteiger partial charge in [0.15, 0.2) is 0 Å². The topological polar surface area (TPSA) is 42.1 Å². The van der Waals surface area contributed by atoms with Gasteiger partial charge < -0.3 is 9.72 Å². The summed E-state index contributed by atoms with van der Waals surface area (Å²) in [5.41, 5.74) is 2.08. The fraction of sp³-hybridized carbons (Fsp3) is 0.154. The Morgan fingerprint density at radius 3 is 2.65 bits per heavy atom. The smallest absolute Gasteiger partial charge is 0.355 e. The molecule has 17 heavy (non-hydrogen) atoms. The van der Waals surface area contributed by atoms with Gasteiger partial charge in [-0.15, -0.1) is 0 Å². The monoisotopic (exact) mass is 249 g/mol. The Morgan fingerprint density at radius 2 is 2.06 bits per heavy atom. The number of halogens is 1. The van der Waals surface area contributed by atoms with Gasteiger partial charge in [0.05, 0.1) is 5.02 Å². The Bertz CT molecular complexity index is 519. The van der Waals surface area contributed by atoms with Crippen molar-refractivity contribution in [2.24, 2.45) is 0 Å². The van der Waals surface area contributed by atoms with Crippen LogP contribution < -0.4 is 0 Å². The third kappa shape index (κ3) is 2.68. The second-order valence-corrected chi connectivity index (χ2v) is 4.11. The molecule has 0 atom stereocenters. The lowest BCUT2D eigenvalue weighted by atomic mass is 10.2. The standard InChI is InChI=1S/C13H12ClNO2/c1-9-11(14)7-15-12(9)13(16)17-8-10-5-3-2-4-6-10/h2-7,15H,8H2,1H3. The van der Waals surface area contributed by atoms with Gasteiger partial charge in [0.2, 0.25) is 0 Å². The second kappa shape index (κ2) is 5.06. The summed E-state index contributed by atoms with van der Waals surface area (Å²) < 4.78 is 5.18. The quantitative estimate of drug-likeness (QED) is 0.848. The number of nitrogens with one attached hydrogen (secondary N) is 1. The van der Waals surface area contributed by atoms with Crippen LogP contribution in [0, 0.1) is 6.92 Å². The lowest BCUT2D eigenvalue weighted by molar-refractivity contribution is 0.0465. The highest BCUT2D eigenvalue weighted by molar-refractivity contribution is 6.31. The van der Waals surface area contributed by atoms with Gasteiger partial charge in [0.25, 0.3) is 0 Å². The number of hydrogen-bond acceptors (Lipinski definition) is 2. The number of ether oxygens (including phenoxy) is 1. The largest absolute Gasteiger partial charge is 0.456 e. The van der Waals surface area contributed by atoms with E-state index >= 15 is 0 Å². The fourth-order valence-corrected chi connectivity index (χ4v) is 1.63. The number of esters is 1. The molecule has 0 aliphatic heterocycles. The molecule has 0 spiro atoms. The molecular weight excluding hydrogens is 238 g/mol. The molecule has 2 rings (SSSR count). The minimum Gasteiger partial charge on any atom is -0.456 e. The Hall–Kier alpha value is -1.74. The Morgan fingerprint density at radius 1 is 1.35 bits per heavy atom. The number of H-pyrrole nitrogens is 1. The Balaban J connectivity index is 2.01. The molecule has 4 heteroatoms. The molecule has 0 bridgehead atoms. The van der Waals surface area contributed by atoms with Crippen molar-refractivity contribution in [2.75, 3.05) is 0 Å². The Kier molecular flexibility index (Phi) is 3.49. The van der Waals surface area contributed by atoms with E-state index < -0.39 is 5.97 Å². The zero-order valence-electron chi connectivity index (χ0n) is 9.37. The summed E-state index contributed by atoms with van der Waals surface area (Å²) in [6.45, 7) is 2.04. The van der Waals surface area contributed by atoms with Crippen LogP contribution in [0.2, 0.25) is 5.02 Å². The molecule has 0 aliphatic carbocycles. The van der Waals surface area contributed by atoms with E-state index in [0.29, 0.717) is 16.3 Å². The van der Waals surface area contributed by atoms with Crippen LogP contribution in [0.3, 0.4) is 0 Å². The zero-order chi connectivity index (χ0) is 12.3. The van der Waals surface area contributed by atoms with E-state index in [-0.39, 0.29) is 6.61 Å². The summed E-state index contributed by atoms with van der Waals surface area (Å²) in [6, 6.07) is 9.53. The van der Waals surface area contributed by atoms with E-state index in [4.69, 9.17) is 16.3 Å².